The number of aromatic nitrogens is 2. The summed E-state index contributed by atoms with van der Waals surface area (Å²) in [5.41, 5.74) is 2.12. The van der Waals surface area contributed by atoms with Crippen LogP contribution in [-0.4, -0.2) is 16.1 Å². The zero-order chi connectivity index (χ0) is 12.1. The first-order valence-corrected chi connectivity index (χ1v) is 5.30. The van der Waals surface area contributed by atoms with E-state index in [-0.39, 0.29) is 0 Å². The van der Waals surface area contributed by atoms with E-state index in [0.29, 0.717) is 24.2 Å². The van der Waals surface area contributed by atoms with Crippen LogP contribution < -0.4 is 0 Å². The first kappa shape index (κ1) is 11.1. The van der Waals surface area contributed by atoms with Crippen LogP contribution in [0.15, 0.2) is 36.5 Å². The Bertz CT molecular complexity index is 552. The summed E-state index contributed by atoms with van der Waals surface area (Å²) in [6, 6.07) is 11.6. The van der Waals surface area contributed by atoms with E-state index in [2.05, 4.69) is 11.2 Å². The molecular formula is C13H11N3O. The number of rotatable bonds is 4. The van der Waals surface area contributed by atoms with Gasteiger partial charge in [0.2, 0.25) is 0 Å². The van der Waals surface area contributed by atoms with Gasteiger partial charge in [-0.05, 0) is 0 Å². The number of carbonyl (C=O) groups is 1. The van der Waals surface area contributed by atoms with Crippen molar-refractivity contribution in [3.05, 3.63) is 42.1 Å². The average molecular weight is 225 g/mol. The highest BCUT2D eigenvalue weighted by molar-refractivity contribution is 5.85. The van der Waals surface area contributed by atoms with Crippen molar-refractivity contribution in [3.63, 3.8) is 0 Å². The van der Waals surface area contributed by atoms with Crippen molar-refractivity contribution in [2.75, 3.05) is 0 Å². The van der Waals surface area contributed by atoms with Gasteiger partial charge >= 0.3 is 0 Å². The van der Waals surface area contributed by atoms with Gasteiger partial charge < -0.3 is 0 Å². The van der Waals surface area contributed by atoms with Crippen LogP contribution in [-0.2, 0) is 6.54 Å². The number of hydrogen-bond donors (Lipinski definition) is 0. The fourth-order valence-corrected chi connectivity index (χ4v) is 1.62. The molecule has 0 atom stereocenters. The Balaban J connectivity index is 2.37. The van der Waals surface area contributed by atoms with E-state index in [1.165, 1.54) is 0 Å². The van der Waals surface area contributed by atoms with Gasteiger partial charge in [-0.3, -0.25) is 9.48 Å². The maximum absolute atomic E-state index is 11.0. The molecule has 0 aliphatic heterocycles. The smallest absolute Gasteiger partial charge is 0.153 e. The lowest BCUT2D eigenvalue weighted by Crippen LogP contribution is -1.97. The molecule has 4 heteroatoms. The van der Waals surface area contributed by atoms with E-state index in [1.807, 2.05) is 30.3 Å². The number of aryl methyl sites for hydroxylation is 1. The SMILES string of the molecule is N#CCCn1cc(C=O)c(-c2ccccc2)n1. The monoisotopic (exact) mass is 225 g/mol. The topological polar surface area (TPSA) is 58.7 Å². The second-order valence-electron chi connectivity index (χ2n) is 3.59. The molecule has 0 saturated heterocycles. The lowest BCUT2D eigenvalue weighted by molar-refractivity contribution is 0.112. The molecule has 0 spiro atoms. The molecule has 1 heterocycles. The number of carbonyl (C=O) groups excluding carboxylic acids is 1. The summed E-state index contributed by atoms with van der Waals surface area (Å²) in [7, 11) is 0. The van der Waals surface area contributed by atoms with E-state index in [0.717, 1.165) is 11.8 Å². The normalized spacial score (nSPS) is 9.82. The fourth-order valence-electron chi connectivity index (χ4n) is 1.62. The van der Waals surface area contributed by atoms with E-state index >= 15 is 0 Å². The molecule has 0 radical (unpaired) electrons. The van der Waals surface area contributed by atoms with Crippen molar-refractivity contribution in [2.24, 2.45) is 0 Å². The van der Waals surface area contributed by atoms with Crippen molar-refractivity contribution in [3.8, 4) is 17.3 Å². The molecule has 0 aliphatic carbocycles. The van der Waals surface area contributed by atoms with Crippen LogP contribution in [0, 0.1) is 11.3 Å². The second-order valence-corrected chi connectivity index (χ2v) is 3.59. The third-order valence-corrected chi connectivity index (χ3v) is 2.42. The van der Waals surface area contributed by atoms with Crippen LogP contribution in [0.4, 0.5) is 0 Å². The van der Waals surface area contributed by atoms with Gasteiger partial charge in [0.05, 0.1) is 24.6 Å². The van der Waals surface area contributed by atoms with Gasteiger partial charge in [0, 0.05) is 11.8 Å². The average Bonchev–Trinajstić information content (AvgIpc) is 2.80. The Morgan fingerprint density at radius 1 is 1.35 bits per heavy atom. The van der Waals surface area contributed by atoms with Crippen molar-refractivity contribution < 1.29 is 4.79 Å². The minimum atomic E-state index is 0.383. The molecule has 0 saturated carbocycles. The van der Waals surface area contributed by atoms with Gasteiger partial charge in [-0.15, -0.1) is 0 Å². The Morgan fingerprint density at radius 3 is 2.76 bits per heavy atom. The minimum absolute atomic E-state index is 0.383. The van der Waals surface area contributed by atoms with Crippen molar-refractivity contribution in [1.82, 2.24) is 9.78 Å². The maximum Gasteiger partial charge on any atom is 0.153 e. The van der Waals surface area contributed by atoms with Crippen LogP contribution >= 0.6 is 0 Å². The standard InChI is InChI=1S/C13H11N3O/c14-7-4-8-16-9-12(10-17)13(15-16)11-5-2-1-3-6-11/h1-3,5-6,9-10H,4,8H2. The van der Waals surface area contributed by atoms with Gasteiger partial charge in [0.15, 0.2) is 6.29 Å². The Morgan fingerprint density at radius 2 is 2.12 bits per heavy atom. The van der Waals surface area contributed by atoms with Crippen LogP contribution in [0.1, 0.15) is 16.8 Å². The molecule has 0 N–H and O–H groups in total. The van der Waals surface area contributed by atoms with Gasteiger partial charge in [-0.1, -0.05) is 30.3 Å². The number of benzene rings is 1. The number of nitriles is 1. The molecule has 0 fully saturated rings. The third-order valence-electron chi connectivity index (χ3n) is 2.42. The molecule has 0 aliphatic rings. The van der Waals surface area contributed by atoms with Gasteiger partial charge in [0.25, 0.3) is 0 Å². The number of nitrogens with zero attached hydrogens (tertiary/aromatic N) is 3. The largest absolute Gasteiger partial charge is 0.298 e. The van der Waals surface area contributed by atoms with Crippen LogP contribution in [0.2, 0.25) is 0 Å². The summed E-state index contributed by atoms with van der Waals surface area (Å²) < 4.78 is 1.63. The summed E-state index contributed by atoms with van der Waals surface area (Å²) in [5.74, 6) is 0. The summed E-state index contributed by atoms with van der Waals surface area (Å²) >= 11 is 0. The molecule has 17 heavy (non-hydrogen) atoms. The highest BCUT2D eigenvalue weighted by Crippen LogP contribution is 2.20. The highest BCUT2D eigenvalue weighted by atomic mass is 16.1. The predicted molar refractivity (Wildman–Crippen MR) is 63.3 cm³/mol. The van der Waals surface area contributed by atoms with Gasteiger partial charge in [0.1, 0.15) is 5.69 Å². The highest BCUT2D eigenvalue weighted by Gasteiger charge is 2.09. The molecule has 2 rings (SSSR count). The molecule has 0 amide bonds. The van der Waals surface area contributed by atoms with E-state index in [1.54, 1.807) is 10.9 Å². The molecule has 84 valence electrons. The second kappa shape index (κ2) is 5.08. The van der Waals surface area contributed by atoms with Crippen LogP contribution in [0.5, 0.6) is 0 Å². The first-order chi connectivity index (χ1) is 8.35. The summed E-state index contributed by atoms with van der Waals surface area (Å²) in [6.45, 7) is 0.504. The predicted octanol–water partition coefficient (Wildman–Crippen LogP) is 2.28. The summed E-state index contributed by atoms with van der Waals surface area (Å²) in [5, 5.41) is 12.8. The zero-order valence-electron chi connectivity index (χ0n) is 9.21. The van der Waals surface area contributed by atoms with E-state index < -0.39 is 0 Å². The van der Waals surface area contributed by atoms with Gasteiger partial charge in [-0.25, -0.2) is 0 Å². The summed E-state index contributed by atoms with van der Waals surface area (Å²) in [6.07, 6.45) is 2.85. The maximum atomic E-state index is 11.0. The molecule has 2 aromatic rings. The number of aldehydes is 1. The third kappa shape index (κ3) is 2.40. The quantitative estimate of drug-likeness (QED) is 0.750. The molecular weight excluding hydrogens is 214 g/mol. The summed E-state index contributed by atoms with van der Waals surface area (Å²) in [4.78, 5) is 11.0. The Hall–Kier alpha value is -2.41. The van der Waals surface area contributed by atoms with Gasteiger partial charge in [-0.2, -0.15) is 10.4 Å². The van der Waals surface area contributed by atoms with Crippen molar-refractivity contribution in [1.29, 1.82) is 5.26 Å². The molecule has 4 nitrogen and oxygen atoms in total. The zero-order valence-corrected chi connectivity index (χ0v) is 9.21. The van der Waals surface area contributed by atoms with Crippen molar-refractivity contribution >= 4 is 6.29 Å². The molecule has 1 aromatic heterocycles. The lowest BCUT2D eigenvalue weighted by Gasteiger charge is -1.97. The first-order valence-electron chi connectivity index (χ1n) is 5.30. The van der Waals surface area contributed by atoms with E-state index in [4.69, 9.17) is 5.26 Å². The van der Waals surface area contributed by atoms with Crippen molar-refractivity contribution in [2.45, 2.75) is 13.0 Å². The lowest BCUT2D eigenvalue weighted by atomic mass is 10.1. The minimum Gasteiger partial charge on any atom is -0.298 e. The molecule has 0 unspecified atom stereocenters. The Labute approximate surface area is 99.1 Å². The fraction of sp³-hybridized carbons (Fsp3) is 0.154. The molecule has 0 bridgehead atoms. The Kier molecular flexibility index (Phi) is 3.31. The van der Waals surface area contributed by atoms with Crippen LogP contribution in [0.25, 0.3) is 11.3 Å². The van der Waals surface area contributed by atoms with E-state index in [9.17, 15) is 4.79 Å². The van der Waals surface area contributed by atoms with Crippen LogP contribution in [0.3, 0.4) is 0 Å². The molecule has 1 aromatic carbocycles. The number of hydrogen-bond acceptors (Lipinski definition) is 3.